The van der Waals surface area contributed by atoms with Gasteiger partial charge in [-0.1, -0.05) is 0 Å². The standard InChI is InChI=1S/C17H19N3O3S/c21-16(12-3-1-7-18-11-12)19-8-9-20-17(22)15-6-5-14(24-15)13-4-2-10-23-13/h1,3,5-7,11,13H,2,4,8-10H2,(H,19,21)(H,20,22). The molecule has 7 heteroatoms. The molecule has 1 saturated heterocycles. The molecule has 3 heterocycles. The van der Waals surface area contributed by atoms with Crippen LogP contribution < -0.4 is 10.6 Å². The summed E-state index contributed by atoms with van der Waals surface area (Å²) in [6, 6.07) is 7.18. The van der Waals surface area contributed by atoms with Gasteiger partial charge in [-0.15, -0.1) is 11.3 Å². The molecule has 2 N–H and O–H groups in total. The highest BCUT2D eigenvalue weighted by Crippen LogP contribution is 2.33. The molecule has 3 rings (SSSR count). The maximum absolute atomic E-state index is 12.1. The number of hydrogen-bond acceptors (Lipinski definition) is 5. The Bertz CT molecular complexity index is 696. The number of amides is 2. The third-order valence-electron chi connectivity index (χ3n) is 3.72. The van der Waals surface area contributed by atoms with Crippen molar-refractivity contribution in [3.8, 4) is 0 Å². The molecule has 126 valence electrons. The van der Waals surface area contributed by atoms with Crippen LogP contribution in [0.3, 0.4) is 0 Å². The average molecular weight is 345 g/mol. The van der Waals surface area contributed by atoms with E-state index < -0.39 is 0 Å². The summed E-state index contributed by atoms with van der Waals surface area (Å²) in [7, 11) is 0. The number of aromatic nitrogens is 1. The van der Waals surface area contributed by atoms with Crippen LogP contribution in [0.2, 0.25) is 0 Å². The van der Waals surface area contributed by atoms with Gasteiger partial charge in [-0.25, -0.2) is 0 Å². The lowest BCUT2D eigenvalue weighted by molar-refractivity contribution is 0.0929. The first-order chi connectivity index (χ1) is 11.7. The highest BCUT2D eigenvalue weighted by Gasteiger charge is 2.20. The second-order valence-corrected chi connectivity index (χ2v) is 6.57. The van der Waals surface area contributed by atoms with Crippen molar-refractivity contribution in [3.63, 3.8) is 0 Å². The number of carbonyl (C=O) groups excluding carboxylic acids is 2. The highest BCUT2D eigenvalue weighted by atomic mass is 32.1. The number of pyridine rings is 1. The van der Waals surface area contributed by atoms with Crippen molar-refractivity contribution in [2.24, 2.45) is 0 Å². The molecule has 24 heavy (non-hydrogen) atoms. The molecule has 2 amide bonds. The van der Waals surface area contributed by atoms with E-state index in [2.05, 4.69) is 15.6 Å². The van der Waals surface area contributed by atoms with Gasteiger partial charge in [0.05, 0.1) is 16.5 Å². The van der Waals surface area contributed by atoms with Crippen LogP contribution in [0.5, 0.6) is 0 Å². The maximum atomic E-state index is 12.1. The van der Waals surface area contributed by atoms with Gasteiger partial charge in [0.15, 0.2) is 0 Å². The SMILES string of the molecule is O=C(NCCNC(=O)c1ccc(C2CCCO2)s1)c1cccnc1. The highest BCUT2D eigenvalue weighted by molar-refractivity contribution is 7.14. The van der Waals surface area contributed by atoms with Crippen LogP contribution in [0.25, 0.3) is 0 Å². The van der Waals surface area contributed by atoms with Crippen molar-refractivity contribution in [2.75, 3.05) is 19.7 Å². The summed E-state index contributed by atoms with van der Waals surface area (Å²) in [5.74, 6) is -0.325. The molecule has 2 aromatic rings. The Kier molecular flexibility index (Phi) is 5.55. The molecule has 1 atom stereocenters. The molecular weight excluding hydrogens is 326 g/mol. The number of hydrogen-bond donors (Lipinski definition) is 2. The number of ether oxygens (including phenoxy) is 1. The molecule has 0 bridgehead atoms. The fraction of sp³-hybridized carbons (Fsp3) is 0.353. The molecule has 0 aromatic carbocycles. The van der Waals surface area contributed by atoms with E-state index in [1.807, 2.05) is 12.1 Å². The van der Waals surface area contributed by atoms with Crippen LogP contribution in [0.1, 0.15) is 43.9 Å². The molecule has 0 saturated carbocycles. The van der Waals surface area contributed by atoms with Gasteiger partial charge in [-0.2, -0.15) is 0 Å². The van der Waals surface area contributed by atoms with E-state index in [1.54, 1.807) is 18.3 Å². The van der Waals surface area contributed by atoms with Gasteiger partial charge in [-0.3, -0.25) is 14.6 Å². The van der Waals surface area contributed by atoms with Crippen LogP contribution in [-0.4, -0.2) is 36.5 Å². The molecular formula is C17H19N3O3S. The van der Waals surface area contributed by atoms with E-state index in [9.17, 15) is 9.59 Å². The van der Waals surface area contributed by atoms with Gasteiger partial charge in [0, 0.05) is 37.0 Å². The molecule has 1 fully saturated rings. The van der Waals surface area contributed by atoms with Crippen LogP contribution >= 0.6 is 11.3 Å². The Morgan fingerprint density at radius 3 is 2.75 bits per heavy atom. The minimum absolute atomic E-state index is 0.125. The summed E-state index contributed by atoms with van der Waals surface area (Å²) in [4.78, 5) is 29.6. The molecule has 1 aliphatic rings. The summed E-state index contributed by atoms with van der Waals surface area (Å²) in [5.41, 5.74) is 0.503. The van der Waals surface area contributed by atoms with Crippen molar-refractivity contribution >= 4 is 23.2 Å². The van der Waals surface area contributed by atoms with Gasteiger partial charge in [0.1, 0.15) is 0 Å². The third kappa shape index (κ3) is 4.18. The van der Waals surface area contributed by atoms with E-state index in [4.69, 9.17) is 4.74 Å². The summed E-state index contributed by atoms with van der Waals surface area (Å²) < 4.78 is 5.63. The molecule has 0 aliphatic carbocycles. The summed E-state index contributed by atoms with van der Waals surface area (Å²) in [6.45, 7) is 1.53. The Morgan fingerprint density at radius 1 is 1.21 bits per heavy atom. The zero-order chi connectivity index (χ0) is 16.8. The summed E-state index contributed by atoms with van der Waals surface area (Å²) >= 11 is 1.47. The number of nitrogens with one attached hydrogen (secondary N) is 2. The number of thiophene rings is 1. The lowest BCUT2D eigenvalue weighted by Crippen LogP contribution is -2.34. The predicted molar refractivity (Wildman–Crippen MR) is 91.1 cm³/mol. The van der Waals surface area contributed by atoms with Crippen molar-refractivity contribution in [1.29, 1.82) is 0 Å². The molecule has 6 nitrogen and oxygen atoms in total. The van der Waals surface area contributed by atoms with Crippen LogP contribution in [0.4, 0.5) is 0 Å². The van der Waals surface area contributed by atoms with E-state index in [1.165, 1.54) is 17.5 Å². The van der Waals surface area contributed by atoms with Crippen molar-refractivity contribution in [1.82, 2.24) is 15.6 Å². The fourth-order valence-electron chi connectivity index (χ4n) is 2.49. The van der Waals surface area contributed by atoms with Crippen LogP contribution in [0.15, 0.2) is 36.7 Å². The zero-order valence-electron chi connectivity index (χ0n) is 13.2. The molecule has 2 aromatic heterocycles. The minimum atomic E-state index is -0.200. The predicted octanol–water partition coefficient (Wildman–Crippen LogP) is 2.15. The lowest BCUT2D eigenvalue weighted by Gasteiger charge is -2.07. The minimum Gasteiger partial charge on any atom is -0.373 e. The van der Waals surface area contributed by atoms with E-state index >= 15 is 0 Å². The molecule has 0 spiro atoms. The van der Waals surface area contributed by atoms with Gasteiger partial charge in [0.25, 0.3) is 11.8 Å². The first-order valence-corrected chi connectivity index (χ1v) is 8.73. The number of carbonyl (C=O) groups is 2. The van der Waals surface area contributed by atoms with E-state index in [-0.39, 0.29) is 17.9 Å². The zero-order valence-corrected chi connectivity index (χ0v) is 14.0. The molecule has 1 unspecified atom stereocenters. The largest absolute Gasteiger partial charge is 0.373 e. The monoisotopic (exact) mass is 345 g/mol. The Labute approximate surface area is 144 Å². The Balaban J connectivity index is 1.42. The topological polar surface area (TPSA) is 80.3 Å². The normalized spacial score (nSPS) is 16.8. The number of rotatable bonds is 6. The van der Waals surface area contributed by atoms with E-state index in [0.717, 1.165) is 24.3 Å². The second kappa shape index (κ2) is 8.03. The molecule has 0 radical (unpaired) electrons. The average Bonchev–Trinajstić information content (AvgIpc) is 3.30. The van der Waals surface area contributed by atoms with Gasteiger partial charge < -0.3 is 15.4 Å². The maximum Gasteiger partial charge on any atom is 0.261 e. The summed E-state index contributed by atoms with van der Waals surface area (Å²) in [5, 5.41) is 5.56. The van der Waals surface area contributed by atoms with Gasteiger partial charge in [-0.05, 0) is 37.1 Å². The van der Waals surface area contributed by atoms with Crippen molar-refractivity contribution < 1.29 is 14.3 Å². The van der Waals surface area contributed by atoms with Crippen LogP contribution in [0, 0.1) is 0 Å². The van der Waals surface area contributed by atoms with Crippen molar-refractivity contribution in [3.05, 3.63) is 52.0 Å². The Morgan fingerprint density at radius 2 is 2.04 bits per heavy atom. The Hall–Kier alpha value is -2.25. The second-order valence-electron chi connectivity index (χ2n) is 5.46. The summed E-state index contributed by atoms with van der Waals surface area (Å²) in [6.07, 6.45) is 5.34. The third-order valence-corrected chi connectivity index (χ3v) is 4.89. The van der Waals surface area contributed by atoms with Crippen molar-refractivity contribution in [2.45, 2.75) is 18.9 Å². The van der Waals surface area contributed by atoms with Gasteiger partial charge >= 0.3 is 0 Å². The fourth-order valence-corrected chi connectivity index (χ4v) is 3.50. The quantitative estimate of drug-likeness (QED) is 0.786. The smallest absolute Gasteiger partial charge is 0.261 e. The molecule has 1 aliphatic heterocycles. The first-order valence-electron chi connectivity index (χ1n) is 7.92. The van der Waals surface area contributed by atoms with E-state index in [0.29, 0.717) is 23.5 Å². The first kappa shape index (κ1) is 16.6. The van der Waals surface area contributed by atoms with Gasteiger partial charge in [0.2, 0.25) is 0 Å². The lowest BCUT2D eigenvalue weighted by atomic mass is 10.2. The van der Waals surface area contributed by atoms with Crippen LogP contribution in [-0.2, 0) is 4.74 Å². The number of nitrogens with zero attached hydrogens (tertiary/aromatic N) is 1.